The molecule has 0 spiro atoms. The standard InChI is InChI=1S/C13H26N2O/c1-13(16-3)7-4-8-15(10-13)9-12(14-2)11-5-6-11/h11-12,14H,4-10H2,1-3H3. The second-order valence-electron chi connectivity index (χ2n) is 5.73. The predicted octanol–water partition coefficient (Wildman–Crippen LogP) is 1.49. The molecule has 1 saturated carbocycles. The number of nitrogens with zero attached hydrogens (tertiary/aromatic N) is 1. The summed E-state index contributed by atoms with van der Waals surface area (Å²) in [7, 11) is 3.95. The molecule has 2 fully saturated rings. The Bertz CT molecular complexity index is 230. The molecular weight excluding hydrogens is 200 g/mol. The van der Waals surface area contributed by atoms with Crippen molar-refractivity contribution in [1.82, 2.24) is 10.2 Å². The monoisotopic (exact) mass is 226 g/mol. The van der Waals surface area contributed by atoms with Crippen molar-refractivity contribution in [3.63, 3.8) is 0 Å². The molecule has 16 heavy (non-hydrogen) atoms. The second kappa shape index (κ2) is 5.03. The van der Waals surface area contributed by atoms with Gasteiger partial charge in [-0.1, -0.05) is 0 Å². The van der Waals surface area contributed by atoms with Crippen molar-refractivity contribution in [2.75, 3.05) is 33.8 Å². The van der Waals surface area contributed by atoms with Crippen LogP contribution in [0.15, 0.2) is 0 Å². The number of likely N-dealkylation sites (tertiary alicyclic amines) is 1. The van der Waals surface area contributed by atoms with Gasteiger partial charge in [-0.05, 0) is 52.1 Å². The molecule has 0 radical (unpaired) electrons. The summed E-state index contributed by atoms with van der Waals surface area (Å²) in [5, 5.41) is 3.47. The maximum atomic E-state index is 5.64. The van der Waals surface area contributed by atoms with Crippen LogP contribution in [0.3, 0.4) is 0 Å². The zero-order valence-corrected chi connectivity index (χ0v) is 11.0. The molecule has 1 aliphatic carbocycles. The van der Waals surface area contributed by atoms with Crippen LogP contribution in [0.5, 0.6) is 0 Å². The first-order valence-electron chi connectivity index (χ1n) is 6.61. The number of hydrogen-bond donors (Lipinski definition) is 1. The summed E-state index contributed by atoms with van der Waals surface area (Å²) in [5.74, 6) is 0.931. The lowest BCUT2D eigenvalue weighted by molar-refractivity contribution is -0.0525. The van der Waals surface area contributed by atoms with Gasteiger partial charge in [0.2, 0.25) is 0 Å². The highest BCUT2D eigenvalue weighted by atomic mass is 16.5. The smallest absolute Gasteiger partial charge is 0.0777 e. The van der Waals surface area contributed by atoms with E-state index in [0.29, 0.717) is 6.04 Å². The van der Waals surface area contributed by atoms with Crippen LogP contribution in [0.25, 0.3) is 0 Å². The van der Waals surface area contributed by atoms with Gasteiger partial charge in [-0.15, -0.1) is 0 Å². The molecule has 2 rings (SSSR count). The average Bonchev–Trinajstić information content (AvgIpc) is 3.10. The van der Waals surface area contributed by atoms with Crippen LogP contribution < -0.4 is 5.32 Å². The molecule has 1 heterocycles. The van der Waals surface area contributed by atoms with Gasteiger partial charge in [0, 0.05) is 26.2 Å². The summed E-state index contributed by atoms with van der Waals surface area (Å²) >= 11 is 0. The van der Waals surface area contributed by atoms with E-state index in [2.05, 4.69) is 24.2 Å². The summed E-state index contributed by atoms with van der Waals surface area (Å²) in [6.07, 6.45) is 5.31. The van der Waals surface area contributed by atoms with Crippen LogP contribution in [0.2, 0.25) is 0 Å². The number of likely N-dealkylation sites (N-methyl/N-ethyl adjacent to an activating group) is 1. The molecule has 0 aromatic carbocycles. The van der Waals surface area contributed by atoms with Crippen LogP contribution in [-0.2, 0) is 4.74 Å². The third-order valence-electron chi connectivity index (χ3n) is 4.25. The molecular formula is C13H26N2O. The molecule has 2 atom stereocenters. The van der Waals surface area contributed by atoms with E-state index < -0.39 is 0 Å². The highest BCUT2D eigenvalue weighted by Crippen LogP contribution is 2.33. The third kappa shape index (κ3) is 2.96. The van der Waals surface area contributed by atoms with Crippen LogP contribution in [0.4, 0.5) is 0 Å². The van der Waals surface area contributed by atoms with Gasteiger partial charge in [-0.25, -0.2) is 0 Å². The zero-order valence-electron chi connectivity index (χ0n) is 11.0. The van der Waals surface area contributed by atoms with E-state index in [9.17, 15) is 0 Å². The van der Waals surface area contributed by atoms with Gasteiger partial charge in [0.05, 0.1) is 5.60 Å². The molecule has 0 aromatic rings. The average molecular weight is 226 g/mol. The maximum absolute atomic E-state index is 5.64. The van der Waals surface area contributed by atoms with Crippen LogP contribution in [-0.4, -0.2) is 50.3 Å². The van der Waals surface area contributed by atoms with E-state index in [1.807, 2.05) is 7.11 Å². The van der Waals surface area contributed by atoms with Crippen molar-refractivity contribution >= 4 is 0 Å². The SMILES string of the molecule is CNC(CN1CCCC(C)(OC)C1)C1CC1. The minimum atomic E-state index is 0.0834. The van der Waals surface area contributed by atoms with Crippen LogP contribution >= 0.6 is 0 Å². The van der Waals surface area contributed by atoms with Crippen LogP contribution in [0, 0.1) is 5.92 Å². The van der Waals surface area contributed by atoms with Crippen LogP contribution in [0.1, 0.15) is 32.6 Å². The molecule has 0 amide bonds. The minimum absolute atomic E-state index is 0.0834. The highest BCUT2D eigenvalue weighted by Gasteiger charge is 2.35. The van der Waals surface area contributed by atoms with Gasteiger partial charge in [0.15, 0.2) is 0 Å². The summed E-state index contributed by atoms with van der Waals surface area (Å²) in [6, 6.07) is 0.694. The number of piperidine rings is 1. The topological polar surface area (TPSA) is 24.5 Å². The summed E-state index contributed by atoms with van der Waals surface area (Å²) in [4.78, 5) is 2.58. The van der Waals surface area contributed by atoms with Crippen molar-refractivity contribution in [2.24, 2.45) is 5.92 Å². The van der Waals surface area contributed by atoms with Gasteiger partial charge in [0.1, 0.15) is 0 Å². The Labute approximate surface area is 99.5 Å². The predicted molar refractivity (Wildman–Crippen MR) is 66.7 cm³/mol. The summed E-state index contributed by atoms with van der Waals surface area (Å²) in [5.41, 5.74) is 0.0834. The Morgan fingerprint density at radius 3 is 2.81 bits per heavy atom. The van der Waals surface area contributed by atoms with Crippen molar-refractivity contribution in [3.05, 3.63) is 0 Å². The maximum Gasteiger partial charge on any atom is 0.0777 e. The molecule has 1 N–H and O–H groups in total. The van der Waals surface area contributed by atoms with Gasteiger partial charge < -0.3 is 10.1 Å². The Morgan fingerprint density at radius 2 is 2.25 bits per heavy atom. The van der Waals surface area contributed by atoms with E-state index in [-0.39, 0.29) is 5.60 Å². The number of ether oxygens (including phenoxy) is 1. The zero-order chi connectivity index (χ0) is 11.6. The molecule has 1 aliphatic heterocycles. The molecule has 0 bridgehead atoms. The van der Waals surface area contributed by atoms with Crippen molar-refractivity contribution in [2.45, 2.75) is 44.2 Å². The summed E-state index contributed by atoms with van der Waals surface area (Å²) < 4.78 is 5.64. The summed E-state index contributed by atoms with van der Waals surface area (Å²) in [6.45, 7) is 5.77. The molecule has 3 nitrogen and oxygen atoms in total. The normalized spacial score (nSPS) is 33.9. The first-order valence-corrected chi connectivity index (χ1v) is 6.61. The number of methoxy groups -OCH3 is 1. The van der Waals surface area contributed by atoms with Crippen molar-refractivity contribution in [1.29, 1.82) is 0 Å². The third-order valence-corrected chi connectivity index (χ3v) is 4.25. The first kappa shape index (κ1) is 12.3. The van der Waals surface area contributed by atoms with E-state index in [1.165, 1.54) is 38.8 Å². The molecule has 3 heteroatoms. The molecule has 2 aliphatic rings. The lowest BCUT2D eigenvalue weighted by Gasteiger charge is -2.40. The van der Waals surface area contributed by atoms with Crippen molar-refractivity contribution in [3.8, 4) is 0 Å². The van der Waals surface area contributed by atoms with E-state index in [1.54, 1.807) is 0 Å². The quantitative estimate of drug-likeness (QED) is 0.768. The minimum Gasteiger partial charge on any atom is -0.377 e. The Hall–Kier alpha value is -0.120. The first-order chi connectivity index (χ1) is 7.67. The second-order valence-corrected chi connectivity index (χ2v) is 5.73. The van der Waals surface area contributed by atoms with E-state index in [4.69, 9.17) is 4.74 Å². The van der Waals surface area contributed by atoms with Gasteiger partial charge in [0.25, 0.3) is 0 Å². The number of nitrogens with one attached hydrogen (secondary N) is 1. The van der Waals surface area contributed by atoms with E-state index in [0.717, 1.165) is 12.5 Å². The molecule has 94 valence electrons. The lowest BCUT2D eigenvalue weighted by atomic mass is 9.94. The molecule has 2 unspecified atom stereocenters. The van der Waals surface area contributed by atoms with E-state index >= 15 is 0 Å². The fourth-order valence-electron chi connectivity index (χ4n) is 2.88. The van der Waals surface area contributed by atoms with Gasteiger partial charge in [-0.2, -0.15) is 0 Å². The fourth-order valence-corrected chi connectivity index (χ4v) is 2.88. The Morgan fingerprint density at radius 1 is 1.50 bits per heavy atom. The molecule has 1 saturated heterocycles. The Balaban J connectivity index is 1.84. The fraction of sp³-hybridized carbons (Fsp3) is 1.00. The van der Waals surface area contributed by atoms with Gasteiger partial charge in [-0.3, -0.25) is 4.90 Å². The highest BCUT2D eigenvalue weighted by molar-refractivity contribution is 4.91. The van der Waals surface area contributed by atoms with Gasteiger partial charge >= 0.3 is 0 Å². The van der Waals surface area contributed by atoms with Crippen molar-refractivity contribution < 1.29 is 4.74 Å². The largest absolute Gasteiger partial charge is 0.377 e. The Kier molecular flexibility index (Phi) is 3.88. The number of hydrogen-bond acceptors (Lipinski definition) is 3. The number of rotatable bonds is 5. The lowest BCUT2D eigenvalue weighted by Crippen LogP contribution is -2.51. The molecule has 0 aromatic heterocycles.